The van der Waals surface area contributed by atoms with E-state index in [0.717, 1.165) is 11.3 Å². The van der Waals surface area contributed by atoms with Crippen LogP contribution in [0.15, 0.2) is 41.4 Å². The minimum absolute atomic E-state index is 0.226. The average molecular weight is 416 g/mol. The molecule has 2 aromatic rings. The monoisotopic (exact) mass is 416 g/mol. The number of ether oxygens (including phenoxy) is 3. The Kier molecular flexibility index (Phi) is 7.73. The summed E-state index contributed by atoms with van der Waals surface area (Å²) in [5.41, 5.74) is 2.25. The first-order valence-corrected chi connectivity index (χ1v) is 10.0. The third-order valence-electron chi connectivity index (χ3n) is 4.77. The molecule has 0 bridgehead atoms. The first kappa shape index (κ1) is 21.7. The molecule has 3 rings (SSSR count). The smallest absolute Gasteiger partial charge is 0.195 e. The van der Waals surface area contributed by atoms with Crippen LogP contribution in [-0.2, 0) is 11.3 Å². The molecular formula is C22H29FN4O3. The van der Waals surface area contributed by atoms with Crippen LogP contribution in [-0.4, -0.2) is 53.0 Å². The van der Waals surface area contributed by atoms with Gasteiger partial charge in [0.25, 0.3) is 0 Å². The average Bonchev–Trinajstić information content (AvgIpc) is 2.77. The molecule has 0 aromatic heterocycles. The number of morpholine rings is 1. The third-order valence-corrected chi connectivity index (χ3v) is 4.77. The molecule has 1 heterocycles. The van der Waals surface area contributed by atoms with E-state index in [1.54, 1.807) is 20.2 Å². The first-order chi connectivity index (χ1) is 14.6. The van der Waals surface area contributed by atoms with Crippen molar-refractivity contribution in [3.8, 4) is 11.5 Å². The number of halogens is 1. The molecule has 1 aliphatic heterocycles. The Balaban J connectivity index is 1.61. The van der Waals surface area contributed by atoms with Crippen LogP contribution in [0.5, 0.6) is 11.5 Å². The fraction of sp³-hybridized carbons (Fsp3) is 0.409. The fourth-order valence-electron chi connectivity index (χ4n) is 3.25. The molecule has 30 heavy (non-hydrogen) atoms. The van der Waals surface area contributed by atoms with Crippen molar-refractivity contribution in [2.75, 3.05) is 57.3 Å². The molecule has 1 aliphatic rings. The van der Waals surface area contributed by atoms with E-state index in [9.17, 15) is 4.39 Å². The number of benzene rings is 2. The summed E-state index contributed by atoms with van der Waals surface area (Å²) in [6.07, 6.45) is 0. The van der Waals surface area contributed by atoms with Gasteiger partial charge in [-0.15, -0.1) is 0 Å². The maximum absolute atomic E-state index is 14.6. The van der Waals surface area contributed by atoms with Gasteiger partial charge in [0.2, 0.25) is 0 Å². The maximum atomic E-state index is 14.6. The van der Waals surface area contributed by atoms with E-state index in [1.807, 2.05) is 42.2 Å². The quantitative estimate of drug-likeness (QED) is 0.534. The number of guanidine groups is 1. The molecule has 0 atom stereocenters. The van der Waals surface area contributed by atoms with Gasteiger partial charge in [0.05, 0.1) is 32.6 Å². The zero-order valence-corrected chi connectivity index (χ0v) is 17.7. The second kappa shape index (κ2) is 10.7. The van der Waals surface area contributed by atoms with Gasteiger partial charge in [0.1, 0.15) is 5.82 Å². The maximum Gasteiger partial charge on any atom is 0.195 e. The predicted octanol–water partition coefficient (Wildman–Crippen LogP) is 3.26. The molecule has 0 saturated carbocycles. The molecule has 2 aromatic carbocycles. The number of methoxy groups -OCH3 is 1. The van der Waals surface area contributed by atoms with E-state index in [-0.39, 0.29) is 5.82 Å². The number of nitrogens with one attached hydrogen (secondary N) is 2. The number of hydrogen-bond donors (Lipinski definition) is 2. The summed E-state index contributed by atoms with van der Waals surface area (Å²) >= 11 is 0. The highest BCUT2D eigenvalue weighted by Crippen LogP contribution is 2.30. The van der Waals surface area contributed by atoms with Crippen molar-refractivity contribution < 1.29 is 18.6 Å². The molecule has 0 radical (unpaired) electrons. The lowest BCUT2D eigenvalue weighted by atomic mass is 10.1. The number of anilines is 2. The largest absolute Gasteiger partial charge is 0.493 e. The molecular weight excluding hydrogens is 387 g/mol. The number of aliphatic imine (C=N–C) groups is 1. The molecule has 8 heteroatoms. The van der Waals surface area contributed by atoms with E-state index in [4.69, 9.17) is 14.2 Å². The number of rotatable bonds is 7. The van der Waals surface area contributed by atoms with Crippen molar-refractivity contribution in [3.63, 3.8) is 0 Å². The zero-order chi connectivity index (χ0) is 21.3. The summed E-state index contributed by atoms with van der Waals surface area (Å²) in [5, 5.41) is 6.42. The van der Waals surface area contributed by atoms with Crippen LogP contribution in [0.3, 0.4) is 0 Å². The lowest BCUT2D eigenvalue weighted by Crippen LogP contribution is -2.36. The van der Waals surface area contributed by atoms with Gasteiger partial charge in [-0.1, -0.05) is 6.07 Å². The van der Waals surface area contributed by atoms with Crippen LogP contribution < -0.4 is 25.0 Å². The van der Waals surface area contributed by atoms with E-state index in [1.165, 1.54) is 0 Å². The lowest BCUT2D eigenvalue weighted by Gasteiger charge is -2.29. The van der Waals surface area contributed by atoms with Crippen LogP contribution >= 0.6 is 0 Å². The summed E-state index contributed by atoms with van der Waals surface area (Å²) in [6, 6.07) is 10.9. The van der Waals surface area contributed by atoms with Crippen molar-refractivity contribution in [1.29, 1.82) is 0 Å². The standard InChI is InChI=1S/C22H29FN4O3/c1-4-30-21-14-17(6-8-20(21)28-3)26-22(24-2)25-15-16-5-7-19(18(23)13-16)27-9-11-29-12-10-27/h5-8,13-14H,4,9-12,15H2,1-3H3,(H2,24,25,26). The molecule has 162 valence electrons. The van der Waals surface area contributed by atoms with Crippen LogP contribution in [0.25, 0.3) is 0 Å². The van der Waals surface area contributed by atoms with Crippen LogP contribution in [0.1, 0.15) is 12.5 Å². The van der Waals surface area contributed by atoms with Gasteiger partial charge in [-0.25, -0.2) is 4.39 Å². The Labute approximate surface area is 176 Å². The Morgan fingerprint density at radius 3 is 2.63 bits per heavy atom. The van der Waals surface area contributed by atoms with E-state index < -0.39 is 0 Å². The van der Waals surface area contributed by atoms with Crippen LogP contribution in [0.4, 0.5) is 15.8 Å². The molecule has 0 aliphatic carbocycles. The van der Waals surface area contributed by atoms with Gasteiger partial charge in [0, 0.05) is 38.4 Å². The second-order valence-corrected chi connectivity index (χ2v) is 6.73. The minimum Gasteiger partial charge on any atom is -0.493 e. The van der Waals surface area contributed by atoms with Gasteiger partial charge in [-0.05, 0) is 36.8 Å². The highest BCUT2D eigenvalue weighted by atomic mass is 19.1. The normalized spacial score (nSPS) is 14.4. The molecule has 1 fully saturated rings. The number of hydrogen-bond acceptors (Lipinski definition) is 5. The summed E-state index contributed by atoms with van der Waals surface area (Å²) < 4.78 is 30.8. The van der Waals surface area contributed by atoms with Gasteiger partial charge in [-0.3, -0.25) is 4.99 Å². The Hall–Kier alpha value is -3.00. The molecule has 7 nitrogen and oxygen atoms in total. The van der Waals surface area contributed by atoms with Crippen LogP contribution in [0.2, 0.25) is 0 Å². The minimum atomic E-state index is -0.226. The first-order valence-electron chi connectivity index (χ1n) is 10.0. The molecule has 0 amide bonds. The second-order valence-electron chi connectivity index (χ2n) is 6.73. The van der Waals surface area contributed by atoms with E-state index in [0.29, 0.717) is 62.6 Å². The van der Waals surface area contributed by atoms with Gasteiger partial charge >= 0.3 is 0 Å². The molecule has 0 unspecified atom stereocenters. The molecule has 2 N–H and O–H groups in total. The molecule has 1 saturated heterocycles. The summed E-state index contributed by atoms with van der Waals surface area (Å²) in [6.45, 7) is 5.56. The zero-order valence-electron chi connectivity index (χ0n) is 17.7. The summed E-state index contributed by atoms with van der Waals surface area (Å²) in [5.74, 6) is 1.67. The van der Waals surface area contributed by atoms with Crippen molar-refractivity contribution in [2.24, 2.45) is 4.99 Å². The predicted molar refractivity (Wildman–Crippen MR) is 117 cm³/mol. The van der Waals surface area contributed by atoms with Crippen molar-refractivity contribution in [1.82, 2.24) is 5.32 Å². The van der Waals surface area contributed by atoms with Crippen molar-refractivity contribution in [3.05, 3.63) is 47.8 Å². The Morgan fingerprint density at radius 1 is 1.17 bits per heavy atom. The van der Waals surface area contributed by atoms with Crippen molar-refractivity contribution in [2.45, 2.75) is 13.5 Å². The van der Waals surface area contributed by atoms with Gasteiger partial charge in [0.15, 0.2) is 17.5 Å². The number of nitrogens with zero attached hydrogens (tertiary/aromatic N) is 2. The Bertz CT molecular complexity index is 869. The van der Waals surface area contributed by atoms with Gasteiger partial charge < -0.3 is 29.7 Å². The van der Waals surface area contributed by atoms with Gasteiger partial charge in [-0.2, -0.15) is 0 Å². The molecule has 0 spiro atoms. The van der Waals surface area contributed by atoms with E-state index in [2.05, 4.69) is 15.6 Å². The highest BCUT2D eigenvalue weighted by Gasteiger charge is 2.15. The van der Waals surface area contributed by atoms with Crippen molar-refractivity contribution >= 4 is 17.3 Å². The lowest BCUT2D eigenvalue weighted by molar-refractivity contribution is 0.122. The summed E-state index contributed by atoms with van der Waals surface area (Å²) in [4.78, 5) is 6.25. The Morgan fingerprint density at radius 2 is 1.97 bits per heavy atom. The highest BCUT2D eigenvalue weighted by molar-refractivity contribution is 5.93. The fourth-order valence-corrected chi connectivity index (χ4v) is 3.25. The third kappa shape index (κ3) is 5.54. The van der Waals surface area contributed by atoms with E-state index >= 15 is 0 Å². The SMILES string of the molecule is CCOc1cc(NC(=NC)NCc2ccc(N3CCOCC3)c(F)c2)ccc1OC. The van der Waals surface area contributed by atoms with Crippen LogP contribution in [0, 0.1) is 5.82 Å². The topological polar surface area (TPSA) is 67.4 Å². The summed E-state index contributed by atoms with van der Waals surface area (Å²) in [7, 11) is 3.29.